The number of carboxylic acids is 1. The number of aryl methyl sites for hydroxylation is 1. The highest BCUT2D eigenvalue weighted by Crippen LogP contribution is 2.32. The number of pyridine rings is 1. The van der Waals surface area contributed by atoms with Crippen LogP contribution in [-0.4, -0.2) is 22.2 Å². The minimum Gasteiger partial charge on any atom is -0.488 e. The molecule has 1 saturated carbocycles. The molecule has 0 amide bonds. The Labute approximate surface area is 104 Å². The van der Waals surface area contributed by atoms with Crippen molar-refractivity contribution in [2.24, 2.45) is 0 Å². The molecular weight excluding hydrogens is 230 g/mol. The van der Waals surface area contributed by atoms with Crippen molar-refractivity contribution in [2.75, 3.05) is 0 Å². The highest BCUT2D eigenvalue weighted by Gasteiger charge is 2.25. The van der Waals surface area contributed by atoms with Gasteiger partial charge in [-0.05, 0) is 43.5 Å². The topological polar surface area (TPSA) is 59.4 Å². The number of nitrogens with zero attached hydrogens (tertiary/aromatic N) is 1. The molecule has 92 valence electrons. The van der Waals surface area contributed by atoms with Crippen molar-refractivity contribution in [3.05, 3.63) is 35.5 Å². The van der Waals surface area contributed by atoms with Gasteiger partial charge in [-0.15, -0.1) is 0 Å². The summed E-state index contributed by atoms with van der Waals surface area (Å²) in [5.74, 6) is -0.369. The van der Waals surface area contributed by atoms with Gasteiger partial charge in [0.2, 0.25) is 0 Å². The Morgan fingerprint density at radius 1 is 1.39 bits per heavy atom. The van der Waals surface area contributed by atoms with Crippen LogP contribution in [0, 0.1) is 6.92 Å². The monoisotopic (exact) mass is 243 g/mol. The number of rotatable bonds is 3. The van der Waals surface area contributed by atoms with Gasteiger partial charge in [-0.1, -0.05) is 0 Å². The molecule has 1 aliphatic carbocycles. The van der Waals surface area contributed by atoms with E-state index in [4.69, 9.17) is 9.84 Å². The summed E-state index contributed by atoms with van der Waals surface area (Å²) in [6, 6.07) is 5.12. The van der Waals surface area contributed by atoms with Crippen molar-refractivity contribution >= 4 is 16.9 Å². The fourth-order valence-electron chi connectivity index (χ4n) is 1.91. The zero-order valence-corrected chi connectivity index (χ0v) is 10.0. The lowest BCUT2D eigenvalue weighted by Crippen LogP contribution is -2.02. The van der Waals surface area contributed by atoms with E-state index < -0.39 is 5.97 Å². The van der Waals surface area contributed by atoms with Gasteiger partial charge in [0, 0.05) is 11.6 Å². The van der Waals surface area contributed by atoms with Crippen LogP contribution in [0.3, 0.4) is 0 Å². The van der Waals surface area contributed by atoms with E-state index in [-0.39, 0.29) is 11.7 Å². The van der Waals surface area contributed by atoms with Crippen molar-refractivity contribution < 1.29 is 14.6 Å². The Bertz CT molecular complexity index is 632. The fraction of sp³-hybridized carbons (Fsp3) is 0.286. The van der Waals surface area contributed by atoms with E-state index in [0.717, 1.165) is 29.3 Å². The first-order valence-electron chi connectivity index (χ1n) is 5.94. The molecule has 4 heteroatoms. The van der Waals surface area contributed by atoms with Crippen LogP contribution in [-0.2, 0) is 0 Å². The van der Waals surface area contributed by atoms with Crippen LogP contribution < -0.4 is 4.74 Å². The van der Waals surface area contributed by atoms with Crippen LogP contribution >= 0.6 is 0 Å². The molecule has 3 rings (SSSR count). The van der Waals surface area contributed by atoms with Crippen LogP contribution in [0.15, 0.2) is 24.4 Å². The first-order valence-corrected chi connectivity index (χ1v) is 5.94. The Balaban J connectivity index is 2.19. The molecule has 0 spiro atoms. The molecular formula is C14H13NO3. The first-order chi connectivity index (χ1) is 8.63. The Hall–Kier alpha value is -2.10. The van der Waals surface area contributed by atoms with Crippen LogP contribution in [0.5, 0.6) is 5.75 Å². The molecule has 0 bridgehead atoms. The Kier molecular flexibility index (Phi) is 2.44. The molecule has 1 N–H and O–H groups in total. The average molecular weight is 243 g/mol. The second-order valence-corrected chi connectivity index (χ2v) is 4.68. The quantitative estimate of drug-likeness (QED) is 0.900. The van der Waals surface area contributed by atoms with Crippen molar-refractivity contribution in [1.29, 1.82) is 0 Å². The molecule has 0 unspecified atom stereocenters. The van der Waals surface area contributed by atoms with Gasteiger partial charge in [-0.3, -0.25) is 4.98 Å². The number of carboxylic acid groups (broad SMARTS) is 1. The van der Waals surface area contributed by atoms with Crippen LogP contribution in [0.25, 0.3) is 10.9 Å². The fourth-order valence-corrected chi connectivity index (χ4v) is 1.91. The molecule has 0 aliphatic heterocycles. The molecule has 2 aromatic rings. The number of carbonyl (C=O) groups is 1. The molecule has 1 aromatic carbocycles. The van der Waals surface area contributed by atoms with Gasteiger partial charge in [0.15, 0.2) is 0 Å². The summed E-state index contributed by atoms with van der Waals surface area (Å²) < 4.78 is 5.74. The standard InChI is InChI=1S/C14H13NO3/c1-8-4-9-5-10(14(16)17)6-12(13(9)15-7-8)18-11-2-3-11/h4-7,11H,2-3H2,1H3,(H,16,17). The summed E-state index contributed by atoms with van der Waals surface area (Å²) in [6.07, 6.45) is 4.05. The number of aromatic carboxylic acids is 1. The van der Waals surface area contributed by atoms with Crippen molar-refractivity contribution in [1.82, 2.24) is 4.98 Å². The van der Waals surface area contributed by atoms with E-state index in [9.17, 15) is 4.79 Å². The van der Waals surface area contributed by atoms with E-state index in [1.807, 2.05) is 13.0 Å². The van der Waals surface area contributed by atoms with Gasteiger partial charge in [0.25, 0.3) is 0 Å². The van der Waals surface area contributed by atoms with Gasteiger partial charge in [-0.2, -0.15) is 0 Å². The van der Waals surface area contributed by atoms with E-state index in [1.54, 1.807) is 18.3 Å². The van der Waals surface area contributed by atoms with Crippen molar-refractivity contribution in [3.63, 3.8) is 0 Å². The number of hydrogen-bond donors (Lipinski definition) is 1. The third-order valence-electron chi connectivity index (χ3n) is 2.95. The second kappa shape index (κ2) is 3.98. The zero-order valence-electron chi connectivity index (χ0n) is 10.0. The van der Waals surface area contributed by atoms with Crippen molar-refractivity contribution in [2.45, 2.75) is 25.9 Å². The maximum absolute atomic E-state index is 11.1. The van der Waals surface area contributed by atoms with E-state index in [1.165, 1.54) is 0 Å². The lowest BCUT2D eigenvalue weighted by atomic mass is 10.1. The predicted octanol–water partition coefficient (Wildman–Crippen LogP) is 2.78. The van der Waals surface area contributed by atoms with E-state index >= 15 is 0 Å². The van der Waals surface area contributed by atoms with Crippen LogP contribution in [0.1, 0.15) is 28.8 Å². The van der Waals surface area contributed by atoms with Gasteiger partial charge >= 0.3 is 5.97 Å². The lowest BCUT2D eigenvalue weighted by molar-refractivity contribution is 0.0696. The SMILES string of the molecule is Cc1cnc2c(OC3CC3)cc(C(=O)O)cc2c1. The molecule has 1 fully saturated rings. The molecule has 18 heavy (non-hydrogen) atoms. The zero-order chi connectivity index (χ0) is 12.7. The maximum atomic E-state index is 11.1. The minimum atomic E-state index is -0.945. The van der Waals surface area contributed by atoms with Gasteiger partial charge in [0.05, 0.1) is 11.7 Å². The summed E-state index contributed by atoms with van der Waals surface area (Å²) in [5.41, 5.74) is 1.98. The Morgan fingerprint density at radius 2 is 2.17 bits per heavy atom. The summed E-state index contributed by atoms with van der Waals surface area (Å²) >= 11 is 0. The molecule has 0 radical (unpaired) electrons. The van der Waals surface area contributed by atoms with Crippen molar-refractivity contribution in [3.8, 4) is 5.75 Å². The largest absolute Gasteiger partial charge is 0.488 e. The molecule has 1 aliphatic rings. The number of hydrogen-bond acceptors (Lipinski definition) is 3. The summed E-state index contributed by atoms with van der Waals surface area (Å²) in [7, 11) is 0. The average Bonchev–Trinajstić information content (AvgIpc) is 3.12. The number of fused-ring (bicyclic) bond motifs is 1. The third kappa shape index (κ3) is 2.01. The number of aromatic nitrogens is 1. The normalized spacial score (nSPS) is 14.7. The molecule has 0 saturated heterocycles. The van der Waals surface area contributed by atoms with Crippen LogP contribution in [0.4, 0.5) is 0 Å². The summed E-state index contributed by atoms with van der Waals surface area (Å²) in [5, 5.41) is 9.92. The molecule has 1 aromatic heterocycles. The van der Waals surface area contributed by atoms with Gasteiger partial charge in [-0.25, -0.2) is 4.79 Å². The van der Waals surface area contributed by atoms with Gasteiger partial charge < -0.3 is 9.84 Å². The highest BCUT2D eigenvalue weighted by molar-refractivity contribution is 5.96. The van der Waals surface area contributed by atoms with E-state index in [2.05, 4.69) is 4.98 Å². The number of ether oxygens (including phenoxy) is 1. The second-order valence-electron chi connectivity index (χ2n) is 4.68. The minimum absolute atomic E-state index is 0.223. The predicted molar refractivity (Wildman–Crippen MR) is 67.1 cm³/mol. The van der Waals surface area contributed by atoms with Gasteiger partial charge in [0.1, 0.15) is 11.3 Å². The number of benzene rings is 1. The smallest absolute Gasteiger partial charge is 0.335 e. The lowest BCUT2D eigenvalue weighted by Gasteiger charge is -2.09. The third-order valence-corrected chi connectivity index (χ3v) is 2.95. The maximum Gasteiger partial charge on any atom is 0.335 e. The molecule has 4 nitrogen and oxygen atoms in total. The molecule has 1 heterocycles. The highest BCUT2D eigenvalue weighted by atomic mass is 16.5. The van der Waals surface area contributed by atoms with E-state index in [0.29, 0.717) is 5.75 Å². The summed E-state index contributed by atoms with van der Waals surface area (Å²) in [6.45, 7) is 1.93. The first kappa shape index (κ1) is 11.0. The molecule has 0 atom stereocenters. The summed E-state index contributed by atoms with van der Waals surface area (Å²) in [4.78, 5) is 15.5. The van der Waals surface area contributed by atoms with Crippen LogP contribution in [0.2, 0.25) is 0 Å². The Morgan fingerprint density at radius 3 is 2.83 bits per heavy atom.